The third-order valence-electron chi connectivity index (χ3n) is 5.16. The van der Waals surface area contributed by atoms with Crippen LogP contribution in [0.1, 0.15) is 36.1 Å². The highest BCUT2D eigenvalue weighted by molar-refractivity contribution is 5.83. The molecule has 3 aromatic rings. The van der Waals surface area contributed by atoms with Crippen LogP contribution in [0.25, 0.3) is 11.0 Å². The number of nitro groups is 1. The fourth-order valence-electron chi connectivity index (χ4n) is 3.69. The van der Waals surface area contributed by atoms with E-state index < -0.39 is 17.0 Å². The van der Waals surface area contributed by atoms with Crippen LogP contribution in [0.5, 0.6) is 5.75 Å². The smallest absolute Gasteiger partial charge is 0.344 e. The van der Waals surface area contributed by atoms with Crippen molar-refractivity contribution < 1.29 is 23.6 Å². The first-order valence-electron chi connectivity index (χ1n) is 9.57. The lowest BCUT2D eigenvalue weighted by Gasteiger charge is -2.14. The van der Waals surface area contributed by atoms with E-state index in [4.69, 9.17) is 13.9 Å². The maximum Gasteiger partial charge on any atom is 0.344 e. The highest BCUT2D eigenvalue weighted by Crippen LogP contribution is 2.29. The highest BCUT2D eigenvalue weighted by atomic mass is 16.6. The molecule has 0 radical (unpaired) electrons. The average molecular weight is 409 g/mol. The Morgan fingerprint density at radius 3 is 2.80 bits per heavy atom. The molecule has 0 spiro atoms. The Bertz CT molecular complexity index is 1200. The fraction of sp³-hybridized carbons (Fsp3) is 0.273. The number of hydrogen-bond donors (Lipinski definition) is 0. The summed E-state index contributed by atoms with van der Waals surface area (Å²) in [6.45, 7) is 1.28. The first-order valence-corrected chi connectivity index (χ1v) is 9.57. The summed E-state index contributed by atoms with van der Waals surface area (Å²) in [5.41, 5.74) is 2.32. The lowest BCUT2D eigenvalue weighted by Crippen LogP contribution is -2.17. The maximum atomic E-state index is 12.1. The average Bonchev–Trinajstić information content (AvgIpc) is 3.23. The van der Waals surface area contributed by atoms with Crippen molar-refractivity contribution in [2.24, 2.45) is 0 Å². The van der Waals surface area contributed by atoms with Crippen molar-refractivity contribution in [3.63, 3.8) is 0 Å². The number of aryl methyl sites for hydroxylation is 1. The molecule has 0 saturated heterocycles. The Balaban J connectivity index is 1.42. The molecule has 0 aliphatic heterocycles. The maximum absolute atomic E-state index is 12.1. The second-order valence-corrected chi connectivity index (χ2v) is 7.13. The molecule has 8 nitrogen and oxygen atoms in total. The van der Waals surface area contributed by atoms with E-state index in [0.29, 0.717) is 16.9 Å². The lowest BCUT2D eigenvalue weighted by molar-refractivity contribution is -0.385. The Morgan fingerprint density at radius 1 is 1.20 bits per heavy atom. The molecule has 8 heteroatoms. The van der Waals surface area contributed by atoms with E-state index in [9.17, 15) is 19.7 Å². The second kappa shape index (κ2) is 7.98. The van der Waals surface area contributed by atoms with Crippen LogP contribution in [0.15, 0.2) is 51.7 Å². The number of benzene rings is 2. The third-order valence-corrected chi connectivity index (χ3v) is 5.16. The minimum atomic E-state index is -0.668. The normalized spacial score (nSPS) is 13.6. The van der Waals surface area contributed by atoms with E-state index in [-0.39, 0.29) is 17.9 Å². The van der Waals surface area contributed by atoms with Crippen LogP contribution in [-0.4, -0.2) is 17.5 Å². The third kappa shape index (κ3) is 3.89. The number of esters is 1. The van der Waals surface area contributed by atoms with Crippen molar-refractivity contribution in [3.8, 4) is 5.75 Å². The second-order valence-electron chi connectivity index (χ2n) is 7.13. The Labute approximate surface area is 171 Å². The van der Waals surface area contributed by atoms with E-state index in [0.717, 1.165) is 35.8 Å². The zero-order valence-corrected chi connectivity index (χ0v) is 16.3. The van der Waals surface area contributed by atoms with Gasteiger partial charge < -0.3 is 13.9 Å². The number of nitrogens with zero attached hydrogens (tertiary/aromatic N) is 1. The molecule has 0 fully saturated rings. The molecular formula is C22H19NO7. The van der Waals surface area contributed by atoms with Gasteiger partial charge in [-0.05, 0) is 49.4 Å². The number of rotatable bonds is 6. The first-order chi connectivity index (χ1) is 14.4. The first kappa shape index (κ1) is 19.6. The monoisotopic (exact) mass is 409 g/mol. The summed E-state index contributed by atoms with van der Waals surface area (Å²) in [6, 6.07) is 11.1. The quantitative estimate of drug-likeness (QED) is 0.263. The van der Waals surface area contributed by atoms with Gasteiger partial charge in [0.2, 0.25) is 0 Å². The summed E-state index contributed by atoms with van der Waals surface area (Å²) >= 11 is 0. The van der Waals surface area contributed by atoms with Crippen molar-refractivity contribution in [1.82, 2.24) is 0 Å². The molecule has 0 unspecified atom stereocenters. The van der Waals surface area contributed by atoms with Gasteiger partial charge >= 0.3 is 11.6 Å². The van der Waals surface area contributed by atoms with E-state index in [1.54, 1.807) is 25.1 Å². The van der Waals surface area contributed by atoms with Gasteiger partial charge in [-0.15, -0.1) is 0 Å². The molecule has 1 aliphatic carbocycles. The molecular weight excluding hydrogens is 390 g/mol. The molecule has 2 aromatic carbocycles. The molecule has 30 heavy (non-hydrogen) atoms. The number of ether oxygens (including phenoxy) is 2. The molecule has 4 rings (SSSR count). The number of hydrogen-bond acceptors (Lipinski definition) is 7. The molecule has 0 bridgehead atoms. The summed E-state index contributed by atoms with van der Waals surface area (Å²) in [5.74, 6) is -0.243. The molecule has 154 valence electrons. The van der Waals surface area contributed by atoms with Gasteiger partial charge in [0.05, 0.1) is 4.92 Å². The molecule has 1 aliphatic rings. The van der Waals surface area contributed by atoms with Crippen LogP contribution in [0.2, 0.25) is 0 Å². The summed E-state index contributed by atoms with van der Waals surface area (Å²) in [6.07, 6.45) is 1.85. The Kier molecular flexibility index (Phi) is 5.22. The van der Waals surface area contributed by atoms with Crippen molar-refractivity contribution >= 4 is 22.6 Å². The number of carbonyl (C=O) groups excluding carboxylic acids is 1. The predicted octanol–water partition coefficient (Wildman–Crippen LogP) is 3.87. The van der Waals surface area contributed by atoms with Crippen LogP contribution >= 0.6 is 0 Å². The minimum absolute atomic E-state index is 0.0733. The molecule has 1 heterocycles. The standard InChI is InChI=1S/C22H19NO7/c1-13(14-4-2-5-15(10-14)23(26)27)29-21(24)12-28-16-8-9-18-17-6-3-7-19(17)22(25)30-20(18)11-16/h2,4-5,8-11,13H,3,6-7,12H2,1H3/t13-/m0/s1. The number of non-ortho nitro benzene ring substituents is 1. The molecule has 0 saturated carbocycles. The fourth-order valence-corrected chi connectivity index (χ4v) is 3.69. The van der Waals surface area contributed by atoms with E-state index in [1.807, 2.05) is 6.07 Å². The highest BCUT2D eigenvalue weighted by Gasteiger charge is 2.20. The van der Waals surface area contributed by atoms with Crippen LogP contribution in [-0.2, 0) is 22.4 Å². The van der Waals surface area contributed by atoms with Gasteiger partial charge in [-0.1, -0.05) is 12.1 Å². The van der Waals surface area contributed by atoms with Gasteiger partial charge in [-0.3, -0.25) is 10.1 Å². The van der Waals surface area contributed by atoms with Crippen molar-refractivity contribution in [1.29, 1.82) is 0 Å². The summed E-state index contributed by atoms with van der Waals surface area (Å²) in [4.78, 5) is 34.6. The number of carbonyl (C=O) groups is 1. The van der Waals surface area contributed by atoms with Gasteiger partial charge in [0.25, 0.3) is 5.69 Å². The predicted molar refractivity (Wildman–Crippen MR) is 108 cm³/mol. The topological polar surface area (TPSA) is 109 Å². The van der Waals surface area contributed by atoms with Crippen LogP contribution < -0.4 is 10.4 Å². The largest absolute Gasteiger partial charge is 0.482 e. The molecule has 0 amide bonds. The van der Waals surface area contributed by atoms with Gasteiger partial charge in [-0.2, -0.15) is 0 Å². The van der Waals surface area contributed by atoms with Crippen molar-refractivity contribution in [2.75, 3.05) is 6.61 Å². The van der Waals surface area contributed by atoms with E-state index in [2.05, 4.69) is 0 Å². The van der Waals surface area contributed by atoms with Gasteiger partial charge in [0.15, 0.2) is 6.61 Å². The van der Waals surface area contributed by atoms with Gasteiger partial charge in [-0.25, -0.2) is 9.59 Å². The molecule has 1 atom stereocenters. The summed E-state index contributed by atoms with van der Waals surface area (Å²) < 4.78 is 16.2. The Morgan fingerprint density at radius 2 is 2.00 bits per heavy atom. The number of nitro benzene ring substituents is 1. The van der Waals surface area contributed by atoms with Gasteiger partial charge in [0, 0.05) is 29.1 Å². The van der Waals surface area contributed by atoms with E-state index in [1.165, 1.54) is 18.2 Å². The summed E-state index contributed by atoms with van der Waals surface area (Å²) in [5, 5.41) is 11.8. The molecule has 1 aromatic heterocycles. The summed E-state index contributed by atoms with van der Waals surface area (Å²) in [7, 11) is 0. The number of fused-ring (bicyclic) bond motifs is 3. The zero-order valence-electron chi connectivity index (χ0n) is 16.3. The van der Waals surface area contributed by atoms with Gasteiger partial charge in [0.1, 0.15) is 17.4 Å². The Hall–Kier alpha value is -3.68. The van der Waals surface area contributed by atoms with Crippen LogP contribution in [0.3, 0.4) is 0 Å². The van der Waals surface area contributed by atoms with Crippen LogP contribution in [0, 0.1) is 10.1 Å². The van der Waals surface area contributed by atoms with Crippen molar-refractivity contribution in [2.45, 2.75) is 32.3 Å². The lowest BCUT2D eigenvalue weighted by atomic mass is 10.1. The minimum Gasteiger partial charge on any atom is -0.482 e. The SMILES string of the molecule is C[C@H](OC(=O)COc1ccc2c3c(c(=O)oc2c1)CCC3)c1cccc([N+](=O)[O-])c1. The molecule has 0 N–H and O–H groups in total. The van der Waals surface area contributed by atoms with Crippen LogP contribution in [0.4, 0.5) is 5.69 Å². The van der Waals surface area contributed by atoms with E-state index >= 15 is 0 Å². The zero-order chi connectivity index (χ0) is 21.3. The van der Waals surface area contributed by atoms with Crippen molar-refractivity contribution in [3.05, 3.63) is 79.7 Å².